The normalized spacial score (nSPS) is 21.7. The van der Waals surface area contributed by atoms with E-state index in [4.69, 9.17) is 14.3 Å². The van der Waals surface area contributed by atoms with Crippen LogP contribution in [0.5, 0.6) is 0 Å². The molecule has 0 N–H and O–H groups in total. The van der Waals surface area contributed by atoms with Gasteiger partial charge in [0.15, 0.2) is 6.10 Å². The van der Waals surface area contributed by atoms with E-state index in [9.17, 15) is 19.2 Å². The van der Waals surface area contributed by atoms with Gasteiger partial charge in [0, 0.05) is 0 Å². The average molecular weight is 487 g/mol. The molecule has 0 radical (unpaired) electrons. The van der Waals surface area contributed by atoms with Crippen LogP contribution in [0.2, 0.25) is 0 Å². The van der Waals surface area contributed by atoms with Crippen molar-refractivity contribution in [3.63, 3.8) is 0 Å². The third-order valence-corrected chi connectivity index (χ3v) is 7.27. The highest BCUT2D eigenvalue weighted by atomic mass is 32.1. The average Bonchev–Trinajstić information content (AvgIpc) is 3.45. The highest BCUT2D eigenvalue weighted by Crippen LogP contribution is 2.45. The smallest absolute Gasteiger partial charge is 0.348 e. The number of ether oxygens (including phenoxy) is 2. The summed E-state index contributed by atoms with van der Waals surface area (Å²) >= 11 is 0.873. The zero-order chi connectivity index (χ0) is 24.6. The Morgan fingerprint density at radius 2 is 1.79 bits per heavy atom. The predicted molar refractivity (Wildman–Crippen MR) is 125 cm³/mol. The number of hydroxylamine groups is 1. The molecule has 2 aromatic rings. The molecule has 180 valence electrons. The number of amides is 2. The van der Waals surface area contributed by atoms with E-state index in [0.29, 0.717) is 12.0 Å². The summed E-state index contributed by atoms with van der Waals surface area (Å²) in [6, 6.07) is 8.97. The number of carbonyl (C=O) groups excluding carboxylic acids is 4. The van der Waals surface area contributed by atoms with Crippen molar-refractivity contribution in [3.8, 4) is 0 Å². The van der Waals surface area contributed by atoms with Gasteiger partial charge in [0.2, 0.25) is 5.91 Å². The monoisotopic (exact) mass is 486 g/mol. The maximum Gasteiger partial charge on any atom is 0.348 e. The summed E-state index contributed by atoms with van der Waals surface area (Å²) in [5.74, 6) is -3.15. The van der Waals surface area contributed by atoms with Gasteiger partial charge in [-0.05, 0) is 38.0 Å². The number of carbonyl (C=O) groups is 4. The topological polar surface area (TPSA) is 102 Å². The first kappa shape index (κ1) is 23.9. The molecule has 2 aliphatic heterocycles. The zero-order valence-corrected chi connectivity index (χ0v) is 20.2. The summed E-state index contributed by atoms with van der Waals surface area (Å²) in [6.45, 7) is 5.38. The van der Waals surface area contributed by atoms with Crippen LogP contribution in [0.25, 0.3) is 0 Å². The van der Waals surface area contributed by atoms with E-state index >= 15 is 0 Å². The number of esters is 2. The molecule has 0 unspecified atom stereocenters. The molecule has 0 bridgehead atoms. The lowest BCUT2D eigenvalue weighted by Gasteiger charge is -2.28. The molecule has 2 saturated heterocycles. The van der Waals surface area contributed by atoms with Crippen LogP contribution in [-0.4, -0.2) is 49.6 Å². The lowest BCUT2D eigenvalue weighted by atomic mass is 9.93. The van der Waals surface area contributed by atoms with Gasteiger partial charge in [-0.25, -0.2) is 19.6 Å². The molecule has 0 saturated carbocycles. The number of nitrogens with zero attached hydrogens (tertiary/aromatic N) is 2. The Hall–Kier alpha value is -3.24. The van der Waals surface area contributed by atoms with Gasteiger partial charge in [0.1, 0.15) is 9.88 Å². The Balaban J connectivity index is 1.75. The molecule has 0 spiro atoms. The van der Waals surface area contributed by atoms with E-state index in [1.54, 1.807) is 18.9 Å². The van der Waals surface area contributed by atoms with Crippen molar-refractivity contribution in [2.45, 2.75) is 45.8 Å². The molecule has 2 fully saturated rings. The lowest BCUT2D eigenvalue weighted by molar-refractivity contribution is -0.126. The number of anilines is 2. The number of benzene rings is 1. The van der Waals surface area contributed by atoms with Gasteiger partial charge < -0.3 is 9.47 Å². The van der Waals surface area contributed by atoms with Crippen LogP contribution in [0.15, 0.2) is 30.3 Å². The minimum absolute atomic E-state index is 0.00387. The van der Waals surface area contributed by atoms with E-state index in [2.05, 4.69) is 0 Å². The fourth-order valence-corrected chi connectivity index (χ4v) is 5.70. The van der Waals surface area contributed by atoms with Crippen LogP contribution in [0.1, 0.15) is 52.3 Å². The third kappa shape index (κ3) is 3.76. The number of thiophene rings is 1. The van der Waals surface area contributed by atoms with Crippen LogP contribution < -0.4 is 9.96 Å². The van der Waals surface area contributed by atoms with Crippen molar-refractivity contribution in [2.75, 3.05) is 23.7 Å². The predicted octanol–water partition coefficient (Wildman–Crippen LogP) is 3.50. The number of methoxy groups -OCH3 is 1. The Bertz CT molecular complexity index is 1130. The Labute approximate surface area is 201 Å². The second kappa shape index (κ2) is 9.55. The standard InChI is InChI=1S/C24H26N2O7S/c1-5-10-15-17-18(33-26(15)14-11-8-7-9-12-14)21(28)25(20(17)27)22-16(23(29)31-4)13(3)19(34-22)24(30)32-6-2/h7-9,11-12,15,17-18H,5-6,10H2,1-4H3/t15-,17-,18+/m0/s1. The number of imide groups is 1. The summed E-state index contributed by atoms with van der Waals surface area (Å²) in [7, 11) is 1.20. The van der Waals surface area contributed by atoms with Gasteiger partial charge in [-0.15, -0.1) is 11.3 Å². The van der Waals surface area contributed by atoms with E-state index < -0.39 is 35.8 Å². The Kier molecular flexibility index (Phi) is 6.72. The molecule has 10 heteroatoms. The molecule has 1 aromatic heterocycles. The first-order valence-electron chi connectivity index (χ1n) is 11.1. The number of para-hydroxylation sites is 1. The highest BCUT2D eigenvalue weighted by Gasteiger charge is 2.60. The van der Waals surface area contributed by atoms with Crippen LogP contribution >= 0.6 is 11.3 Å². The molecular weight excluding hydrogens is 460 g/mol. The van der Waals surface area contributed by atoms with E-state index in [-0.39, 0.29) is 28.1 Å². The SMILES string of the molecule is CCC[C@H]1[C@@H]2C(=O)N(c3sc(C(=O)OCC)c(C)c3C(=O)OC)C(=O)[C@@H]2ON1c1ccccc1. The quantitative estimate of drug-likeness (QED) is 0.433. The number of rotatable bonds is 7. The van der Waals surface area contributed by atoms with Crippen molar-refractivity contribution < 1.29 is 33.5 Å². The minimum Gasteiger partial charge on any atom is -0.465 e. The maximum absolute atomic E-state index is 13.7. The van der Waals surface area contributed by atoms with E-state index in [1.807, 2.05) is 37.3 Å². The summed E-state index contributed by atoms with van der Waals surface area (Å²) in [5, 5.41) is 1.71. The lowest BCUT2D eigenvalue weighted by Crippen LogP contribution is -2.40. The molecular formula is C24H26N2O7S. The van der Waals surface area contributed by atoms with Gasteiger partial charge in [0.05, 0.1) is 36.9 Å². The summed E-state index contributed by atoms with van der Waals surface area (Å²) in [5.41, 5.74) is 1.07. The fraction of sp³-hybridized carbons (Fsp3) is 0.417. The van der Waals surface area contributed by atoms with Gasteiger partial charge in [0.25, 0.3) is 5.91 Å². The molecule has 2 aliphatic rings. The van der Waals surface area contributed by atoms with Crippen molar-refractivity contribution in [2.24, 2.45) is 5.92 Å². The number of hydrogen-bond acceptors (Lipinski definition) is 9. The molecule has 9 nitrogen and oxygen atoms in total. The van der Waals surface area contributed by atoms with Crippen LogP contribution in [0.3, 0.4) is 0 Å². The molecule has 1 aromatic carbocycles. The third-order valence-electron chi connectivity index (χ3n) is 6.02. The summed E-state index contributed by atoms with van der Waals surface area (Å²) < 4.78 is 9.99. The largest absolute Gasteiger partial charge is 0.465 e. The molecule has 2 amide bonds. The number of hydrogen-bond donors (Lipinski definition) is 0. The molecule has 4 rings (SSSR count). The summed E-state index contributed by atoms with van der Waals surface area (Å²) in [4.78, 5) is 59.4. The van der Waals surface area contributed by atoms with Crippen molar-refractivity contribution >= 4 is 45.8 Å². The Morgan fingerprint density at radius 1 is 1.09 bits per heavy atom. The van der Waals surface area contributed by atoms with Gasteiger partial charge in [-0.1, -0.05) is 31.5 Å². The molecule has 3 atom stereocenters. The molecule has 3 heterocycles. The first-order valence-corrected chi connectivity index (χ1v) is 11.9. The van der Waals surface area contributed by atoms with Crippen LogP contribution in [0, 0.1) is 12.8 Å². The van der Waals surface area contributed by atoms with Crippen molar-refractivity contribution in [1.82, 2.24) is 0 Å². The maximum atomic E-state index is 13.7. The highest BCUT2D eigenvalue weighted by molar-refractivity contribution is 7.19. The van der Waals surface area contributed by atoms with Crippen LogP contribution in [-0.2, 0) is 23.9 Å². The Morgan fingerprint density at radius 3 is 2.41 bits per heavy atom. The van der Waals surface area contributed by atoms with Crippen molar-refractivity contribution in [3.05, 3.63) is 46.3 Å². The molecule has 0 aliphatic carbocycles. The number of fused-ring (bicyclic) bond motifs is 1. The molecule has 34 heavy (non-hydrogen) atoms. The fourth-order valence-electron chi connectivity index (χ4n) is 4.50. The van der Waals surface area contributed by atoms with Crippen LogP contribution in [0.4, 0.5) is 10.7 Å². The summed E-state index contributed by atoms with van der Waals surface area (Å²) in [6.07, 6.45) is 0.383. The van der Waals surface area contributed by atoms with Gasteiger partial charge in [-0.3, -0.25) is 14.4 Å². The van der Waals surface area contributed by atoms with E-state index in [0.717, 1.165) is 28.3 Å². The van der Waals surface area contributed by atoms with Gasteiger partial charge >= 0.3 is 11.9 Å². The first-order chi connectivity index (χ1) is 16.3. The van der Waals surface area contributed by atoms with Crippen molar-refractivity contribution in [1.29, 1.82) is 0 Å². The zero-order valence-electron chi connectivity index (χ0n) is 19.4. The van der Waals surface area contributed by atoms with E-state index in [1.165, 1.54) is 7.11 Å². The second-order valence-electron chi connectivity index (χ2n) is 8.03. The van der Waals surface area contributed by atoms with Gasteiger partial charge in [-0.2, -0.15) is 0 Å². The minimum atomic E-state index is -1.02. The second-order valence-corrected chi connectivity index (χ2v) is 9.03.